The lowest BCUT2D eigenvalue weighted by molar-refractivity contribution is -0.124. The SMILES string of the molecule is COc1cc(CNCC(C)O)c(Cl)cc1OCC(=O)NC(C)(C)C. The summed E-state index contributed by atoms with van der Waals surface area (Å²) >= 11 is 6.26. The van der Waals surface area contributed by atoms with Crippen molar-refractivity contribution in [3.63, 3.8) is 0 Å². The first-order chi connectivity index (χ1) is 11.1. The van der Waals surface area contributed by atoms with Gasteiger partial charge in [-0.2, -0.15) is 0 Å². The second kappa shape index (κ2) is 9.11. The number of carbonyl (C=O) groups excluding carboxylic acids is 1. The molecule has 7 heteroatoms. The highest BCUT2D eigenvalue weighted by Gasteiger charge is 2.16. The summed E-state index contributed by atoms with van der Waals surface area (Å²) in [4.78, 5) is 11.8. The first-order valence-electron chi connectivity index (χ1n) is 7.81. The van der Waals surface area contributed by atoms with E-state index in [1.54, 1.807) is 19.1 Å². The molecule has 136 valence electrons. The number of amides is 1. The van der Waals surface area contributed by atoms with Gasteiger partial charge in [-0.15, -0.1) is 0 Å². The van der Waals surface area contributed by atoms with Crippen LogP contribution < -0.4 is 20.1 Å². The van der Waals surface area contributed by atoms with Crippen molar-refractivity contribution in [3.8, 4) is 11.5 Å². The van der Waals surface area contributed by atoms with Crippen molar-refractivity contribution in [3.05, 3.63) is 22.7 Å². The Labute approximate surface area is 148 Å². The van der Waals surface area contributed by atoms with Gasteiger partial charge in [-0.05, 0) is 39.3 Å². The lowest BCUT2D eigenvalue weighted by Gasteiger charge is -2.21. The first-order valence-corrected chi connectivity index (χ1v) is 8.19. The maximum absolute atomic E-state index is 11.8. The van der Waals surface area contributed by atoms with Crippen molar-refractivity contribution in [2.24, 2.45) is 0 Å². The summed E-state index contributed by atoms with van der Waals surface area (Å²) in [6, 6.07) is 3.39. The van der Waals surface area contributed by atoms with Gasteiger partial charge < -0.3 is 25.2 Å². The fraction of sp³-hybridized carbons (Fsp3) is 0.588. The van der Waals surface area contributed by atoms with Crippen molar-refractivity contribution in [2.75, 3.05) is 20.3 Å². The number of aliphatic hydroxyl groups is 1. The summed E-state index contributed by atoms with van der Waals surface area (Å²) in [6.07, 6.45) is -0.436. The van der Waals surface area contributed by atoms with Gasteiger partial charge >= 0.3 is 0 Å². The molecular formula is C17H27ClN2O4. The molecule has 3 N–H and O–H groups in total. The van der Waals surface area contributed by atoms with E-state index in [1.807, 2.05) is 20.8 Å². The highest BCUT2D eigenvalue weighted by atomic mass is 35.5. The summed E-state index contributed by atoms with van der Waals surface area (Å²) in [6.45, 7) is 8.24. The molecule has 0 heterocycles. The molecule has 0 saturated heterocycles. The second-order valence-corrected chi connectivity index (χ2v) is 7.07. The normalized spacial score (nSPS) is 12.6. The molecule has 0 aliphatic heterocycles. The summed E-state index contributed by atoms with van der Waals surface area (Å²) in [5.41, 5.74) is 0.502. The lowest BCUT2D eigenvalue weighted by Crippen LogP contribution is -2.43. The summed E-state index contributed by atoms with van der Waals surface area (Å²) in [7, 11) is 1.53. The van der Waals surface area contributed by atoms with Crippen LogP contribution in [-0.4, -0.2) is 42.9 Å². The van der Waals surface area contributed by atoms with Gasteiger partial charge in [0.05, 0.1) is 13.2 Å². The smallest absolute Gasteiger partial charge is 0.258 e. The molecule has 1 atom stereocenters. The second-order valence-electron chi connectivity index (χ2n) is 6.66. The number of ether oxygens (including phenoxy) is 2. The zero-order valence-electron chi connectivity index (χ0n) is 14.9. The predicted molar refractivity (Wildman–Crippen MR) is 94.8 cm³/mol. The molecule has 1 unspecified atom stereocenters. The Kier molecular flexibility index (Phi) is 7.79. The van der Waals surface area contributed by atoms with Crippen LogP contribution in [0, 0.1) is 0 Å². The van der Waals surface area contributed by atoms with Crippen LogP contribution >= 0.6 is 11.6 Å². The number of aliphatic hydroxyl groups excluding tert-OH is 1. The number of hydrogen-bond donors (Lipinski definition) is 3. The van der Waals surface area contributed by atoms with Crippen LogP contribution in [0.25, 0.3) is 0 Å². The number of halogens is 1. The Morgan fingerprint density at radius 1 is 1.33 bits per heavy atom. The predicted octanol–water partition coefficient (Wildman–Crippen LogP) is 2.11. The number of carbonyl (C=O) groups is 1. The maximum Gasteiger partial charge on any atom is 0.258 e. The van der Waals surface area contributed by atoms with Crippen molar-refractivity contribution < 1.29 is 19.4 Å². The van der Waals surface area contributed by atoms with Crippen LogP contribution in [0.4, 0.5) is 0 Å². The van der Waals surface area contributed by atoms with E-state index in [4.69, 9.17) is 21.1 Å². The minimum Gasteiger partial charge on any atom is -0.493 e. The Balaban J connectivity index is 2.74. The fourth-order valence-electron chi connectivity index (χ4n) is 2.00. The van der Waals surface area contributed by atoms with E-state index < -0.39 is 6.10 Å². The molecule has 0 radical (unpaired) electrons. The average Bonchev–Trinajstić information content (AvgIpc) is 2.44. The number of nitrogens with one attached hydrogen (secondary N) is 2. The Hall–Kier alpha value is -1.50. The van der Waals surface area contributed by atoms with Crippen LogP contribution in [0.15, 0.2) is 12.1 Å². The lowest BCUT2D eigenvalue weighted by atomic mass is 10.1. The zero-order valence-corrected chi connectivity index (χ0v) is 15.7. The van der Waals surface area contributed by atoms with E-state index in [9.17, 15) is 9.90 Å². The third-order valence-corrected chi connectivity index (χ3v) is 3.31. The Morgan fingerprint density at radius 2 is 2.00 bits per heavy atom. The molecule has 1 amide bonds. The Bertz CT molecular complexity index is 556. The molecule has 0 fully saturated rings. The third-order valence-electron chi connectivity index (χ3n) is 2.96. The minimum absolute atomic E-state index is 0.121. The molecule has 1 aromatic rings. The molecule has 6 nitrogen and oxygen atoms in total. The summed E-state index contributed by atoms with van der Waals surface area (Å²) < 4.78 is 10.8. The van der Waals surface area contributed by atoms with E-state index in [1.165, 1.54) is 7.11 Å². The third kappa shape index (κ3) is 7.38. The van der Waals surface area contributed by atoms with Gasteiger partial charge in [0.2, 0.25) is 0 Å². The van der Waals surface area contributed by atoms with Crippen molar-refractivity contribution in [2.45, 2.75) is 45.9 Å². The van der Waals surface area contributed by atoms with Crippen LogP contribution in [-0.2, 0) is 11.3 Å². The van der Waals surface area contributed by atoms with Gasteiger partial charge in [0.15, 0.2) is 18.1 Å². The van der Waals surface area contributed by atoms with Crippen molar-refractivity contribution in [1.82, 2.24) is 10.6 Å². The highest BCUT2D eigenvalue weighted by Crippen LogP contribution is 2.33. The molecule has 0 bridgehead atoms. The Morgan fingerprint density at radius 3 is 2.54 bits per heavy atom. The monoisotopic (exact) mass is 358 g/mol. The van der Waals surface area contributed by atoms with Gasteiger partial charge in [0, 0.05) is 29.7 Å². The van der Waals surface area contributed by atoms with E-state index >= 15 is 0 Å². The molecule has 0 aliphatic carbocycles. The highest BCUT2D eigenvalue weighted by molar-refractivity contribution is 6.31. The largest absolute Gasteiger partial charge is 0.493 e. The molecular weight excluding hydrogens is 332 g/mol. The fourth-order valence-corrected chi connectivity index (χ4v) is 2.22. The number of methoxy groups -OCH3 is 1. The van der Waals surface area contributed by atoms with E-state index in [-0.39, 0.29) is 18.1 Å². The quantitative estimate of drug-likeness (QED) is 0.663. The van der Waals surface area contributed by atoms with Crippen molar-refractivity contribution in [1.29, 1.82) is 0 Å². The van der Waals surface area contributed by atoms with Crippen LogP contribution in [0.5, 0.6) is 11.5 Å². The van der Waals surface area contributed by atoms with E-state index in [0.717, 1.165) is 5.56 Å². The summed E-state index contributed by atoms with van der Waals surface area (Å²) in [5.74, 6) is 0.686. The first kappa shape index (κ1) is 20.5. The van der Waals surface area contributed by atoms with Gasteiger partial charge in [-0.1, -0.05) is 11.6 Å². The number of benzene rings is 1. The maximum atomic E-state index is 11.8. The van der Waals surface area contributed by atoms with Gasteiger partial charge in [-0.3, -0.25) is 4.79 Å². The molecule has 1 aromatic carbocycles. The van der Waals surface area contributed by atoms with Crippen LogP contribution in [0.3, 0.4) is 0 Å². The molecule has 24 heavy (non-hydrogen) atoms. The summed E-state index contributed by atoms with van der Waals surface area (Å²) in [5, 5.41) is 15.7. The van der Waals surface area contributed by atoms with Gasteiger partial charge in [0.1, 0.15) is 0 Å². The molecule has 1 rings (SSSR count). The standard InChI is InChI=1S/C17H27ClN2O4/c1-11(21)8-19-9-12-6-14(23-5)15(7-13(12)18)24-10-16(22)20-17(2,3)4/h6-7,11,19,21H,8-10H2,1-5H3,(H,20,22). The van der Waals surface area contributed by atoms with E-state index in [2.05, 4.69) is 10.6 Å². The van der Waals surface area contributed by atoms with Crippen LogP contribution in [0.1, 0.15) is 33.3 Å². The van der Waals surface area contributed by atoms with Gasteiger partial charge in [-0.25, -0.2) is 0 Å². The van der Waals surface area contributed by atoms with E-state index in [0.29, 0.717) is 29.6 Å². The average molecular weight is 359 g/mol. The topological polar surface area (TPSA) is 79.8 Å². The van der Waals surface area contributed by atoms with Crippen LogP contribution in [0.2, 0.25) is 5.02 Å². The molecule has 0 aromatic heterocycles. The number of hydrogen-bond acceptors (Lipinski definition) is 5. The molecule has 0 aliphatic rings. The van der Waals surface area contributed by atoms with Crippen molar-refractivity contribution >= 4 is 17.5 Å². The zero-order chi connectivity index (χ0) is 18.3. The molecule has 0 spiro atoms. The molecule has 0 saturated carbocycles. The minimum atomic E-state index is -0.436. The van der Waals surface area contributed by atoms with Gasteiger partial charge in [0.25, 0.3) is 5.91 Å². The number of rotatable bonds is 8.